The Labute approximate surface area is 109 Å². The predicted octanol–water partition coefficient (Wildman–Crippen LogP) is 4.82. The molecule has 0 aliphatic carbocycles. The largest absolute Gasteiger partial charge is 0.548 e. The van der Waals surface area contributed by atoms with Crippen LogP contribution >= 0.6 is 0 Å². The van der Waals surface area contributed by atoms with E-state index in [0.29, 0.717) is 5.56 Å². The molecular weight excluding hydrogens is 250 g/mol. The number of allylic oxidation sites excluding steroid dienone is 2. The van der Waals surface area contributed by atoms with E-state index in [9.17, 15) is 8.78 Å². The van der Waals surface area contributed by atoms with Crippen molar-refractivity contribution >= 4 is 8.32 Å². The van der Waals surface area contributed by atoms with Gasteiger partial charge in [0.15, 0.2) is 0 Å². The molecule has 0 spiro atoms. The van der Waals surface area contributed by atoms with E-state index >= 15 is 0 Å². The molecule has 1 unspecified atom stereocenters. The standard InChI is InChI=1S/C14H20F2OSi/c1-10(6-11(2)17-18(3,4)5)12-7-13(15)9-14(16)8-12/h6-10H,1-5H3/b11-6-. The quantitative estimate of drug-likeness (QED) is 0.563. The third-order valence-electron chi connectivity index (χ3n) is 2.36. The van der Waals surface area contributed by atoms with Crippen molar-refractivity contribution in [2.75, 3.05) is 0 Å². The molecule has 0 bridgehead atoms. The van der Waals surface area contributed by atoms with Gasteiger partial charge in [-0.25, -0.2) is 8.78 Å². The molecule has 18 heavy (non-hydrogen) atoms. The van der Waals surface area contributed by atoms with Gasteiger partial charge in [0.2, 0.25) is 8.32 Å². The van der Waals surface area contributed by atoms with Gasteiger partial charge < -0.3 is 4.43 Å². The number of hydrogen-bond acceptors (Lipinski definition) is 1. The highest BCUT2D eigenvalue weighted by atomic mass is 28.4. The van der Waals surface area contributed by atoms with Crippen LogP contribution in [0.1, 0.15) is 25.3 Å². The maximum atomic E-state index is 13.1. The Hall–Kier alpha value is -1.16. The molecule has 0 saturated heterocycles. The molecule has 0 fully saturated rings. The first-order chi connectivity index (χ1) is 8.17. The lowest BCUT2D eigenvalue weighted by Crippen LogP contribution is -2.24. The second-order valence-electron chi connectivity index (χ2n) is 5.48. The number of halogens is 2. The van der Waals surface area contributed by atoms with Gasteiger partial charge in [0, 0.05) is 12.0 Å². The summed E-state index contributed by atoms with van der Waals surface area (Å²) in [5.74, 6) is -0.360. The number of benzene rings is 1. The van der Waals surface area contributed by atoms with E-state index in [0.717, 1.165) is 11.8 Å². The van der Waals surface area contributed by atoms with E-state index in [2.05, 4.69) is 19.6 Å². The van der Waals surface area contributed by atoms with Gasteiger partial charge in [0.05, 0.1) is 5.76 Å². The minimum Gasteiger partial charge on any atom is -0.548 e. The molecule has 1 aromatic carbocycles. The van der Waals surface area contributed by atoms with Crippen LogP contribution in [0.25, 0.3) is 0 Å². The summed E-state index contributed by atoms with van der Waals surface area (Å²) in [4.78, 5) is 0. The lowest BCUT2D eigenvalue weighted by Gasteiger charge is -2.20. The van der Waals surface area contributed by atoms with Gasteiger partial charge >= 0.3 is 0 Å². The van der Waals surface area contributed by atoms with Gasteiger partial charge in [-0.3, -0.25) is 0 Å². The summed E-state index contributed by atoms with van der Waals surface area (Å²) < 4.78 is 32.0. The average molecular weight is 270 g/mol. The molecule has 0 radical (unpaired) electrons. The lowest BCUT2D eigenvalue weighted by molar-refractivity contribution is 0.420. The van der Waals surface area contributed by atoms with Crippen LogP contribution in [0, 0.1) is 11.6 Å². The van der Waals surface area contributed by atoms with Crippen LogP contribution in [0.15, 0.2) is 30.0 Å². The van der Waals surface area contributed by atoms with Crippen molar-refractivity contribution in [3.8, 4) is 0 Å². The molecule has 1 nitrogen and oxygen atoms in total. The van der Waals surface area contributed by atoms with E-state index in [1.165, 1.54) is 12.1 Å². The summed E-state index contributed by atoms with van der Waals surface area (Å²) in [5.41, 5.74) is 0.617. The monoisotopic (exact) mass is 270 g/mol. The third-order valence-corrected chi connectivity index (χ3v) is 3.30. The number of rotatable bonds is 4. The summed E-state index contributed by atoms with van der Waals surface area (Å²) in [7, 11) is -1.63. The fourth-order valence-corrected chi connectivity index (χ4v) is 2.84. The van der Waals surface area contributed by atoms with Crippen LogP contribution in [0.3, 0.4) is 0 Å². The Balaban J connectivity index is 2.87. The van der Waals surface area contributed by atoms with E-state index in [-0.39, 0.29) is 5.92 Å². The molecule has 0 amide bonds. The minimum absolute atomic E-state index is 0.0773. The third kappa shape index (κ3) is 5.00. The van der Waals surface area contributed by atoms with Gasteiger partial charge in [-0.2, -0.15) is 0 Å². The van der Waals surface area contributed by atoms with E-state index in [1.807, 2.05) is 19.9 Å². The predicted molar refractivity (Wildman–Crippen MR) is 73.0 cm³/mol. The summed E-state index contributed by atoms with van der Waals surface area (Å²) in [6.45, 7) is 10.1. The molecule has 0 aromatic heterocycles. The van der Waals surface area contributed by atoms with Crippen LogP contribution < -0.4 is 0 Å². The molecule has 100 valence electrons. The minimum atomic E-state index is -1.63. The first kappa shape index (κ1) is 14.9. The van der Waals surface area contributed by atoms with Crippen molar-refractivity contribution in [2.45, 2.75) is 39.4 Å². The van der Waals surface area contributed by atoms with Gasteiger partial charge in [0.25, 0.3) is 0 Å². The zero-order valence-corrected chi connectivity index (χ0v) is 12.6. The van der Waals surface area contributed by atoms with E-state index in [1.54, 1.807) is 0 Å². The van der Waals surface area contributed by atoms with Crippen molar-refractivity contribution in [3.63, 3.8) is 0 Å². The van der Waals surface area contributed by atoms with Gasteiger partial charge in [-0.1, -0.05) is 6.92 Å². The molecule has 0 heterocycles. The van der Waals surface area contributed by atoms with Gasteiger partial charge in [-0.15, -0.1) is 0 Å². The summed E-state index contributed by atoms with van der Waals surface area (Å²) in [6, 6.07) is 3.59. The SMILES string of the molecule is C/C(=C/C(C)c1cc(F)cc(F)c1)O[Si](C)(C)C. The van der Waals surface area contributed by atoms with Crippen LogP contribution in [-0.2, 0) is 4.43 Å². The van der Waals surface area contributed by atoms with Crippen LogP contribution in [-0.4, -0.2) is 8.32 Å². The Morgan fingerprint density at radius 2 is 1.67 bits per heavy atom. The molecule has 0 N–H and O–H groups in total. The highest BCUT2D eigenvalue weighted by Gasteiger charge is 2.16. The molecule has 1 atom stereocenters. The lowest BCUT2D eigenvalue weighted by atomic mass is 10.0. The highest BCUT2D eigenvalue weighted by Crippen LogP contribution is 2.22. The second kappa shape index (κ2) is 5.65. The normalized spacial score (nSPS) is 14.5. The van der Waals surface area contributed by atoms with Gasteiger partial charge in [-0.05, 0) is 50.3 Å². The molecular formula is C14H20F2OSi. The average Bonchev–Trinajstić information content (AvgIpc) is 2.12. The van der Waals surface area contributed by atoms with Crippen LogP contribution in [0.4, 0.5) is 8.78 Å². The molecule has 0 aliphatic heterocycles. The Bertz CT molecular complexity index is 429. The fourth-order valence-electron chi connectivity index (χ4n) is 1.80. The smallest absolute Gasteiger partial charge is 0.241 e. The first-order valence-electron chi connectivity index (χ1n) is 6.01. The Morgan fingerprint density at radius 3 is 2.11 bits per heavy atom. The van der Waals surface area contributed by atoms with Crippen molar-refractivity contribution in [3.05, 3.63) is 47.2 Å². The van der Waals surface area contributed by atoms with Crippen molar-refractivity contribution < 1.29 is 13.2 Å². The molecule has 1 aromatic rings. The Kier molecular flexibility index (Phi) is 4.68. The highest BCUT2D eigenvalue weighted by molar-refractivity contribution is 6.70. The maximum absolute atomic E-state index is 13.1. The van der Waals surface area contributed by atoms with Gasteiger partial charge in [0.1, 0.15) is 11.6 Å². The fraction of sp³-hybridized carbons (Fsp3) is 0.429. The van der Waals surface area contributed by atoms with Crippen molar-refractivity contribution in [2.24, 2.45) is 0 Å². The molecule has 4 heteroatoms. The number of hydrogen-bond donors (Lipinski definition) is 0. The topological polar surface area (TPSA) is 9.23 Å². The van der Waals surface area contributed by atoms with Crippen molar-refractivity contribution in [1.82, 2.24) is 0 Å². The van der Waals surface area contributed by atoms with Crippen LogP contribution in [0.2, 0.25) is 19.6 Å². The summed E-state index contributed by atoms with van der Waals surface area (Å²) in [6.07, 6.45) is 1.90. The van der Waals surface area contributed by atoms with E-state index in [4.69, 9.17) is 4.43 Å². The Morgan fingerprint density at radius 1 is 1.17 bits per heavy atom. The molecule has 0 saturated carbocycles. The maximum Gasteiger partial charge on any atom is 0.241 e. The van der Waals surface area contributed by atoms with E-state index < -0.39 is 20.0 Å². The zero-order valence-electron chi connectivity index (χ0n) is 11.6. The summed E-state index contributed by atoms with van der Waals surface area (Å²) >= 11 is 0. The molecule has 1 rings (SSSR count). The summed E-state index contributed by atoms with van der Waals surface area (Å²) in [5, 5.41) is 0. The van der Waals surface area contributed by atoms with Crippen molar-refractivity contribution in [1.29, 1.82) is 0 Å². The second-order valence-corrected chi connectivity index (χ2v) is 9.91. The zero-order chi connectivity index (χ0) is 13.9. The first-order valence-corrected chi connectivity index (χ1v) is 9.41. The van der Waals surface area contributed by atoms with Crippen LogP contribution in [0.5, 0.6) is 0 Å². The molecule has 0 aliphatic rings.